The van der Waals surface area contributed by atoms with E-state index in [9.17, 15) is 14.4 Å². The van der Waals surface area contributed by atoms with E-state index < -0.39 is 23.6 Å². The van der Waals surface area contributed by atoms with Gasteiger partial charge in [-0.1, -0.05) is 0 Å². The predicted octanol–water partition coefficient (Wildman–Crippen LogP) is 0.110. The standard InChI is InChI=1S/C15H19N5O5/c1-5-24-15(23)19-6-10(25-9(19)2)7-20-13(21)11-12(16-8-17(11)3)18(4)14(20)22/h6,8-9H,5,7H2,1-4H3. The summed E-state index contributed by atoms with van der Waals surface area (Å²) >= 11 is 0. The van der Waals surface area contributed by atoms with Crippen LogP contribution in [0.3, 0.4) is 0 Å². The predicted molar refractivity (Wildman–Crippen MR) is 87.7 cm³/mol. The normalized spacial score (nSPS) is 16.9. The molecule has 0 N–H and O–H groups in total. The van der Waals surface area contributed by atoms with Gasteiger partial charge >= 0.3 is 11.8 Å². The van der Waals surface area contributed by atoms with Gasteiger partial charge in [0.25, 0.3) is 5.56 Å². The van der Waals surface area contributed by atoms with Gasteiger partial charge < -0.3 is 14.0 Å². The Morgan fingerprint density at radius 2 is 2.08 bits per heavy atom. The highest BCUT2D eigenvalue weighted by molar-refractivity contribution is 5.70. The minimum atomic E-state index is -0.575. The number of carbonyl (C=O) groups is 1. The van der Waals surface area contributed by atoms with E-state index in [1.165, 1.54) is 22.0 Å². The molecule has 0 aliphatic carbocycles. The molecule has 1 amide bonds. The lowest BCUT2D eigenvalue weighted by molar-refractivity contribution is 0.0411. The third kappa shape index (κ3) is 2.69. The van der Waals surface area contributed by atoms with Gasteiger partial charge in [0.1, 0.15) is 5.76 Å². The number of hydrogen-bond acceptors (Lipinski definition) is 6. The summed E-state index contributed by atoms with van der Waals surface area (Å²) in [4.78, 5) is 42.4. The number of fused-ring (bicyclic) bond motifs is 1. The molecule has 0 aromatic carbocycles. The van der Waals surface area contributed by atoms with Crippen LogP contribution in [0, 0.1) is 0 Å². The molecule has 134 valence electrons. The molecule has 2 aromatic heterocycles. The maximum atomic E-state index is 12.7. The number of aryl methyl sites for hydroxylation is 2. The number of allylic oxidation sites excluding steroid dienone is 1. The highest BCUT2D eigenvalue weighted by Crippen LogP contribution is 2.20. The summed E-state index contributed by atoms with van der Waals surface area (Å²) in [6.45, 7) is 3.53. The van der Waals surface area contributed by atoms with Crippen molar-refractivity contribution in [2.75, 3.05) is 6.61 Å². The molecule has 1 unspecified atom stereocenters. The zero-order valence-electron chi connectivity index (χ0n) is 14.4. The van der Waals surface area contributed by atoms with Crippen molar-refractivity contribution >= 4 is 17.3 Å². The van der Waals surface area contributed by atoms with E-state index in [2.05, 4.69) is 4.98 Å². The van der Waals surface area contributed by atoms with Crippen molar-refractivity contribution in [3.8, 4) is 0 Å². The molecule has 0 fully saturated rings. The summed E-state index contributed by atoms with van der Waals surface area (Å²) in [5.41, 5.74) is -0.347. The van der Waals surface area contributed by atoms with Crippen molar-refractivity contribution in [1.29, 1.82) is 0 Å². The maximum Gasteiger partial charge on any atom is 0.416 e. The molecule has 10 heteroatoms. The first-order valence-electron chi connectivity index (χ1n) is 7.78. The van der Waals surface area contributed by atoms with Crippen LogP contribution < -0.4 is 11.2 Å². The van der Waals surface area contributed by atoms with Crippen LogP contribution in [0.25, 0.3) is 11.2 Å². The fourth-order valence-electron chi connectivity index (χ4n) is 2.74. The quantitative estimate of drug-likeness (QED) is 0.780. The minimum Gasteiger partial charge on any atom is -0.471 e. The summed E-state index contributed by atoms with van der Waals surface area (Å²) in [7, 11) is 3.23. The number of amides is 1. The van der Waals surface area contributed by atoms with Gasteiger partial charge in [0.05, 0.1) is 25.7 Å². The Morgan fingerprint density at radius 1 is 1.36 bits per heavy atom. The Bertz CT molecular complexity index is 983. The fourth-order valence-corrected chi connectivity index (χ4v) is 2.74. The number of carbonyl (C=O) groups excluding carboxylic acids is 1. The average molecular weight is 349 g/mol. The molecule has 1 aliphatic rings. The van der Waals surface area contributed by atoms with Gasteiger partial charge in [-0.3, -0.25) is 13.9 Å². The van der Waals surface area contributed by atoms with Gasteiger partial charge in [-0.15, -0.1) is 0 Å². The third-order valence-electron chi connectivity index (χ3n) is 3.99. The molecular weight excluding hydrogens is 330 g/mol. The summed E-state index contributed by atoms with van der Waals surface area (Å²) in [5, 5.41) is 0. The molecule has 25 heavy (non-hydrogen) atoms. The van der Waals surface area contributed by atoms with Gasteiger partial charge in [-0.05, 0) is 13.8 Å². The van der Waals surface area contributed by atoms with Gasteiger partial charge in [0, 0.05) is 14.1 Å². The molecule has 0 saturated carbocycles. The van der Waals surface area contributed by atoms with Crippen LogP contribution in [0.5, 0.6) is 0 Å². The Kier molecular flexibility index (Phi) is 4.11. The van der Waals surface area contributed by atoms with E-state index in [1.807, 2.05) is 0 Å². The van der Waals surface area contributed by atoms with Crippen LogP contribution in [-0.2, 0) is 30.1 Å². The number of aromatic nitrogens is 4. The lowest BCUT2D eigenvalue weighted by Crippen LogP contribution is -2.40. The van der Waals surface area contributed by atoms with E-state index in [1.54, 1.807) is 32.5 Å². The maximum absolute atomic E-state index is 12.7. The van der Waals surface area contributed by atoms with Crippen LogP contribution in [0.4, 0.5) is 4.79 Å². The van der Waals surface area contributed by atoms with Gasteiger partial charge in [-0.25, -0.2) is 19.5 Å². The van der Waals surface area contributed by atoms with Crippen molar-refractivity contribution in [2.45, 2.75) is 26.6 Å². The van der Waals surface area contributed by atoms with Crippen LogP contribution >= 0.6 is 0 Å². The smallest absolute Gasteiger partial charge is 0.416 e. The zero-order valence-corrected chi connectivity index (χ0v) is 14.4. The monoisotopic (exact) mass is 349 g/mol. The summed E-state index contributed by atoms with van der Waals surface area (Å²) in [6, 6.07) is 0. The SMILES string of the molecule is CCOC(=O)N1C=C(Cn2c(=O)c3c(ncn3C)n(C)c2=O)OC1C. The Morgan fingerprint density at radius 3 is 2.76 bits per heavy atom. The first-order valence-corrected chi connectivity index (χ1v) is 7.78. The first kappa shape index (κ1) is 16.8. The Hall–Kier alpha value is -3.04. The minimum absolute atomic E-state index is 0.0904. The highest BCUT2D eigenvalue weighted by Gasteiger charge is 2.29. The molecule has 1 atom stereocenters. The lowest BCUT2D eigenvalue weighted by atomic mass is 10.4. The molecule has 3 heterocycles. The Balaban J connectivity index is 2.00. The van der Waals surface area contributed by atoms with Crippen molar-refractivity contribution in [3.05, 3.63) is 39.1 Å². The van der Waals surface area contributed by atoms with Gasteiger partial charge in [-0.2, -0.15) is 0 Å². The lowest BCUT2D eigenvalue weighted by Gasteiger charge is -2.17. The molecule has 0 bridgehead atoms. The van der Waals surface area contributed by atoms with E-state index >= 15 is 0 Å². The summed E-state index contributed by atoms with van der Waals surface area (Å²) in [5.74, 6) is 0.321. The topological polar surface area (TPSA) is 101 Å². The van der Waals surface area contributed by atoms with Crippen LogP contribution in [0.2, 0.25) is 0 Å². The number of imidazole rings is 1. The molecule has 0 saturated heterocycles. The number of hydrogen-bond donors (Lipinski definition) is 0. The molecule has 3 rings (SSSR count). The molecule has 1 aliphatic heterocycles. The number of rotatable bonds is 3. The summed E-state index contributed by atoms with van der Waals surface area (Å²) < 4.78 is 14.4. The second-order valence-electron chi connectivity index (χ2n) is 5.68. The first-order chi connectivity index (χ1) is 11.8. The van der Waals surface area contributed by atoms with Crippen molar-refractivity contribution in [3.63, 3.8) is 0 Å². The van der Waals surface area contributed by atoms with E-state index in [-0.39, 0.29) is 13.2 Å². The third-order valence-corrected chi connectivity index (χ3v) is 3.99. The number of ether oxygens (including phenoxy) is 2. The fraction of sp³-hybridized carbons (Fsp3) is 0.467. The van der Waals surface area contributed by atoms with Gasteiger partial charge in [0.2, 0.25) is 0 Å². The second-order valence-corrected chi connectivity index (χ2v) is 5.68. The Labute approximate surface area is 142 Å². The van der Waals surface area contributed by atoms with Crippen molar-refractivity contribution in [2.24, 2.45) is 14.1 Å². The molecule has 10 nitrogen and oxygen atoms in total. The van der Waals surface area contributed by atoms with Crippen molar-refractivity contribution in [1.82, 2.24) is 23.6 Å². The van der Waals surface area contributed by atoms with Crippen LogP contribution in [0.15, 0.2) is 27.9 Å². The average Bonchev–Trinajstić information content (AvgIpc) is 3.13. The van der Waals surface area contributed by atoms with Crippen molar-refractivity contribution < 1.29 is 14.3 Å². The van der Waals surface area contributed by atoms with Gasteiger partial charge in [0.15, 0.2) is 17.4 Å². The molecule has 0 radical (unpaired) electrons. The largest absolute Gasteiger partial charge is 0.471 e. The van der Waals surface area contributed by atoms with Crippen LogP contribution in [-0.4, -0.2) is 42.5 Å². The van der Waals surface area contributed by atoms with E-state index in [4.69, 9.17) is 9.47 Å². The van der Waals surface area contributed by atoms with E-state index in [0.717, 1.165) is 4.57 Å². The number of nitrogens with zero attached hydrogens (tertiary/aromatic N) is 5. The molecule has 0 spiro atoms. The van der Waals surface area contributed by atoms with Crippen LogP contribution in [0.1, 0.15) is 13.8 Å². The second kappa shape index (κ2) is 6.11. The molecular formula is C15H19N5O5. The summed E-state index contributed by atoms with van der Waals surface area (Å²) in [6.07, 6.45) is 1.80. The molecule has 2 aromatic rings. The van der Waals surface area contributed by atoms with E-state index in [0.29, 0.717) is 16.9 Å². The zero-order chi connectivity index (χ0) is 18.3. The highest BCUT2D eigenvalue weighted by atomic mass is 16.6.